The van der Waals surface area contributed by atoms with E-state index < -0.39 is 10.0 Å². The molecule has 0 aliphatic heterocycles. The second kappa shape index (κ2) is 5.47. The van der Waals surface area contributed by atoms with E-state index in [4.69, 9.17) is 9.88 Å². The van der Waals surface area contributed by atoms with E-state index in [0.717, 1.165) is 5.69 Å². The average molecular weight is 297 g/mol. The van der Waals surface area contributed by atoms with Crippen LogP contribution in [0.15, 0.2) is 29.3 Å². The molecule has 0 aliphatic rings. The molecule has 0 fully saturated rings. The maximum atomic E-state index is 11.3. The van der Waals surface area contributed by atoms with Crippen LogP contribution in [0.3, 0.4) is 0 Å². The first kappa shape index (κ1) is 14.3. The summed E-state index contributed by atoms with van der Waals surface area (Å²) in [6.07, 6.45) is 1.75. The summed E-state index contributed by atoms with van der Waals surface area (Å²) in [7, 11) is -0.495. The van der Waals surface area contributed by atoms with Gasteiger partial charge in [-0.1, -0.05) is 5.21 Å². The lowest BCUT2D eigenvalue weighted by molar-refractivity contribution is 0.416. The smallest absolute Gasteiger partial charge is 0.238 e. The Morgan fingerprint density at radius 1 is 1.45 bits per heavy atom. The number of hydrogen-bond donors (Lipinski definition) is 2. The fraction of sp³-hybridized carbons (Fsp3) is 0.273. The Kier molecular flexibility index (Phi) is 3.91. The quantitative estimate of drug-likeness (QED) is 0.808. The van der Waals surface area contributed by atoms with E-state index in [1.54, 1.807) is 24.0 Å². The summed E-state index contributed by atoms with van der Waals surface area (Å²) in [5.74, 6) is 0.515. The normalized spacial score (nSPS) is 11.3. The van der Waals surface area contributed by atoms with Crippen molar-refractivity contribution in [3.05, 3.63) is 30.1 Å². The van der Waals surface area contributed by atoms with Gasteiger partial charge >= 0.3 is 0 Å². The third-order valence-corrected chi connectivity index (χ3v) is 3.52. The van der Waals surface area contributed by atoms with Crippen LogP contribution in [0, 0.1) is 0 Å². The minimum atomic E-state index is -3.76. The summed E-state index contributed by atoms with van der Waals surface area (Å²) in [6, 6.07) is 4.35. The molecule has 0 radical (unpaired) electrons. The molecule has 9 heteroatoms. The van der Waals surface area contributed by atoms with Gasteiger partial charge in [-0.3, -0.25) is 4.68 Å². The summed E-state index contributed by atoms with van der Waals surface area (Å²) in [5.41, 5.74) is 1.24. The van der Waals surface area contributed by atoms with Crippen molar-refractivity contribution in [2.24, 2.45) is 12.2 Å². The summed E-state index contributed by atoms with van der Waals surface area (Å²) < 4.78 is 29.4. The van der Waals surface area contributed by atoms with Gasteiger partial charge in [-0.25, -0.2) is 13.6 Å². The highest BCUT2D eigenvalue weighted by Gasteiger charge is 2.12. The molecule has 0 amide bonds. The minimum absolute atomic E-state index is 0.0138. The molecule has 3 N–H and O–H groups in total. The van der Waals surface area contributed by atoms with Gasteiger partial charge in [0, 0.05) is 13.2 Å². The molecule has 0 aliphatic carbocycles. The Balaban J connectivity index is 2.24. The topological polar surface area (TPSA) is 112 Å². The zero-order valence-corrected chi connectivity index (χ0v) is 11.9. The van der Waals surface area contributed by atoms with Gasteiger partial charge in [0.2, 0.25) is 10.0 Å². The van der Waals surface area contributed by atoms with Crippen LogP contribution in [0.2, 0.25) is 0 Å². The van der Waals surface area contributed by atoms with Gasteiger partial charge in [-0.05, 0) is 18.2 Å². The molecule has 108 valence electrons. The summed E-state index contributed by atoms with van der Waals surface area (Å²) in [4.78, 5) is 0.0138. The van der Waals surface area contributed by atoms with E-state index in [1.807, 2.05) is 0 Å². The molecule has 20 heavy (non-hydrogen) atoms. The second-order valence-electron chi connectivity index (χ2n) is 4.14. The van der Waals surface area contributed by atoms with Crippen LogP contribution in [0.4, 0.5) is 5.69 Å². The lowest BCUT2D eigenvalue weighted by Gasteiger charge is -2.11. The minimum Gasteiger partial charge on any atom is -0.495 e. The molecule has 0 spiro atoms. The van der Waals surface area contributed by atoms with Crippen LogP contribution in [-0.4, -0.2) is 30.5 Å². The Morgan fingerprint density at radius 3 is 2.75 bits per heavy atom. The van der Waals surface area contributed by atoms with Crippen molar-refractivity contribution in [1.82, 2.24) is 15.0 Å². The van der Waals surface area contributed by atoms with Crippen LogP contribution in [-0.2, 0) is 23.6 Å². The lowest BCUT2D eigenvalue weighted by Crippen LogP contribution is -2.13. The molecule has 1 aromatic heterocycles. The van der Waals surface area contributed by atoms with Crippen molar-refractivity contribution in [3.63, 3.8) is 0 Å². The molecule has 2 rings (SSSR count). The third kappa shape index (κ3) is 3.25. The number of benzene rings is 1. The molecule has 0 unspecified atom stereocenters. The first-order valence-corrected chi connectivity index (χ1v) is 7.24. The van der Waals surface area contributed by atoms with Crippen LogP contribution in [0.1, 0.15) is 5.69 Å². The highest BCUT2D eigenvalue weighted by Crippen LogP contribution is 2.27. The van der Waals surface area contributed by atoms with Crippen LogP contribution < -0.4 is 15.2 Å². The van der Waals surface area contributed by atoms with Crippen molar-refractivity contribution in [1.29, 1.82) is 0 Å². The zero-order chi connectivity index (χ0) is 14.8. The molecular weight excluding hydrogens is 282 g/mol. The highest BCUT2D eigenvalue weighted by atomic mass is 32.2. The number of hydrogen-bond acceptors (Lipinski definition) is 6. The molecule has 0 saturated carbocycles. The van der Waals surface area contributed by atoms with E-state index in [9.17, 15) is 8.42 Å². The van der Waals surface area contributed by atoms with Crippen LogP contribution in [0.5, 0.6) is 5.75 Å². The first-order valence-electron chi connectivity index (χ1n) is 5.70. The molecule has 8 nitrogen and oxygen atoms in total. The van der Waals surface area contributed by atoms with Crippen molar-refractivity contribution >= 4 is 15.7 Å². The lowest BCUT2D eigenvalue weighted by atomic mass is 10.3. The molecule has 2 aromatic rings. The molecule has 1 aromatic carbocycles. The molecule has 0 atom stereocenters. The number of aryl methyl sites for hydroxylation is 1. The summed E-state index contributed by atoms with van der Waals surface area (Å²) in [6.45, 7) is 0.387. The van der Waals surface area contributed by atoms with Crippen LogP contribution >= 0.6 is 0 Å². The predicted molar refractivity (Wildman–Crippen MR) is 72.7 cm³/mol. The second-order valence-corrected chi connectivity index (χ2v) is 5.71. The average Bonchev–Trinajstić information content (AvgIpc) is 2.80. The zero-order valence-electron chi connectivity index (χ0n) is 11.1. The van der Waals surface area contributed by atoms with Gasteiger partial charge < -0.3 is 10.1 Å². The van der Waals surface area contributed by atoms with Gasteiger partial charge in [0.05, 0.1) is 24.2 Å². The number of sulfonamides is 1. The fourth-order valence-electron chi connectivity index (χ4n) is 1.66. The number of ether oxygens (including phenoxy) is 1. The Hall–Kier alpha value is -2.13. The van der Waals surface area contributed by atoms with E-state index in [2.05, 4.69) is 15.6 Å². The number of nitrogens with one attached hydrogen (secondary N) is 1. The fourth-order valence-corrected chi connectivity index (χ4v) is 2.20. The number of anilines is 1. The predicted octanol–water partition coefficient (Wildman–Crippen LogP) is 0.0832. The number of nitrogens with zero attached hydrogens (tertiary/aromatic N) is 3. The maximum Gasteiger partial charge on any atom is 0.238 e. The number of rotatable bonds is 5. The van der Waals surface area contributed by atoms with Gasteiger partial charge in [0.15, 0.2) is 0 Å². The van der Waals surface area contributed by atoms with Crippen molar-refractivity contribution < 1.29 is 13.2 Å². The molecule has 0 bridgehead atoms. The standard InChI is InChI=1S/C11H15N5O3S/c1-16-7-8(14-15-16)6-13-10-5-9(20(12,17)18)3-4-11(10)19-2/h3-5,7,13H,6H2,1-2H3,(H2,12,17,18). The highest BCUT2D eigenvalue weighted by molar-refractivity contribution is 7.89. The summed E-state index contributed by atoms with van der Waals surface area (Å²) in [5, 5.41) is 15.9. The largest absolute Gasteiger partial charge is 0.495 e. The first-order chi connectivity index (χ1) is 9.40. The van der Waals surface area contributed by atoms with Crippen molar-refractivity contribution in [2.75, 3.05) is 12.4 Å². The SMILES string of the molecule is COc1ccc(S(N)(=O)=O)cc1NCc1cn(C)nn1. The summed E-state index contributed by atoms with van der Waals surface area (Å²) >= 11 is 0. The number of aromatic nitrogens is 3. The van der Waals surface area contributed by atoms with Gasteiger partial charge in [0.1, 0.15) is 11.4 Å². The van der Waals surface area contributed by atoms with Crippen molar-refractivity contribution in [3.8, 4) is 5.75 Å². The van der Waals surface area contributed by atoms with E-state index >= 15 is 0 Å². The molecular formula is C11H15N5O3S. The van der Waals surface area contributed by atoms with Crippen molar-refractivity contribution in [2.45, 2.75) is 11.4 Å². The van der Waals surface area contributed by atoms with E-state index in [-0.39, 0.29) is 4.90 Å². The van der Waals surface area contributed by atoms with Gasteiger partial charge in [0.25, 0.3) is 0 Å². The van der Waals surface area contributed by atoms with Gasteiger partial charge in [-0.2, -0.15) is 0 Å². The van der Waals surface area contributed by atoms with E-state index in [1.165, 1.54) is 19.2 Å². The number of primary sulfonamides is 1. The molecule has 1 heterocycles. The number of methoxy groups -OCH3 is 1. The molecule has 0 saturated heterocycles. The van der Waals surface area contributed by atoms with E-state index in [0.29, 0.717) is 18.0 Å². The Bertz CT molecular complexity index is 711. The monoisotopic (exact) mass is 297 g/mol. The van der Waals surface area contributed by atoms with Gasteiger partial charge in [-0.15, -0.1) is 5.10 Å². The Labute approximate surface area is 116 Å². The Morgan fingerprint density at radius 2 is 2.20 bits per heavy atom. The third-order valence-electron chi connectivity index (χ3n) is 2.61. The number of nitrogens with two attached hydrogens (primary N) is 1. The maximum absolute atomic E-state index is 11.3. The van der Waals surface area contributed by atoms with Crippen LogP contribution in [0.25, 0.3) is 0 Å².